The van der Waals surface area contributed by atoms with E-state index in [2.05, 4.69) is 14.8 Å². The topological polar surface area (TPSA) is 103 Å². The Balaban J connectivity index is 2.12. The number of carbonyl (C=O) groups excluding carboxylic acids is 3. The number of benzene rings is 1. The molecule has 0 bridgehead atoms. The van der Waals surface area contributed by atoms with E-state index >= 15 is 0 Å². The van der Waals surface area contributed by atoms with Crippen molar-refractivity contribution >= 4 is 23.7 Å². The average molecular weight is 452 g/mol. The molecule has 1 fully saturated rings. The quantitative estimate of drug-likeness (QED) is 0.399. The van der Waals surface area contributed by atoms with Gasteiger partial charge in [0.05, 0.1) is 20.3 Å². The van der Waals surface area contributed by atoms with Gasteiger partial charge in [-0.1, -0.05) is 6.07 Å². The number of nitrogens with zero attached hydrogens (tertiary/aromatic N) is 1. The van der Waals surface area contributed by atoms with E-state index in [4.69, 9.17) is 9.47 Å². The molecule has 32 heavy (non-hydrogen) atoms. The van der Waals surface area contributed by atoms with E-state index in [1.54, 1.807) is 31.7 Å². The Bertz CT molecular complexity index is 872. The molecule has 1 aromatic carbocycles. The minimum Gasteiger partial charge on any atom is -0.488 e. The SMILES string of the molecule is COC(=O)/C=C(/Nc1c(F)cccc1OC1CCN(C(=O)OC(C)(C)C)CC1)C(=O)OC. The summed E-state index contributed by atoms with van der Waals surface area (Å²) in [7, 11) is 2.28. The van der Waals surface area contributed by atoms with E-state index < -0.39 is 23.4 Å². The first-order chi connectivity index (χ1) is 15.0. The smallest absolute Gasteiger partial charge is 0.410 e. The molecule has 10 heteroatoms. The summed E-state index contributed by atoms with van der Waals surface area (Å²) >= 11 is 0. The van der Waals surface area contributed by atoms with Gasteiger partial charge in [-0.3, -0.25) is 0 Å². The number of hydrogen-bond acceptors (Lipinski definition) is 8. The second kappa shape index (κ2) is 10.8. The lowest BCUT2D eigenvalue weighted by Crippen LogP contribution is -2.44. The highest BCUT2D eigenvalue weighted by Crippen LogP contribution is 2.31. The minimum atomic E-state index is -0.879. The van der Waals surface area contributed by atoms with Gasteiger partial charge in [0, 0.05) is 25.9 Å². The number of methoxy groups -OCH3 is 2. The molecule has 0 spiro atoms. The summed E-state index contributed by atoms with van der Waals surface area (Å²) in [5.74, 6) is -2.23. The van der Waals surface area contributed by atoms with Gasteiger partial charge in [0.25, 0.3) is 0 Å². The monoisotopic (exact) mass is 452 g/mol. The second-order valence-corrected chi connectivity index (χ2v) is 8.10. The molecule has 176 valence electrons. The number of para-hydroxylation sites is 1. The Morgan fingerprint density at radius 1 is 1.12 bits per heavy atom. The van der Waals surface area contributed by atoms with Crippen molar-refractivity contribution in [2.75, 3.05) is 32.6 Å². The van der Waals surface area contributed by atoms with Gasteiger partial charge < -0.3 is 29.2 Å². The van der Waals surface area contributed by atoms with Gasteiger partial charge in [0.2, 0.25) is 0 Å². The van der Waals surface area contributed by atoms with Gasteiger partial charge in [-0.25, -0.2) is 18.8 Å². The normalized spacial score (nSPS) is 15.1. The molecule has 0 saturated carbocycles. The molecule has 1 N–H and O–H groups in total. The highest BCUT2D eigenvalue weighted by molar-refractivity contribution is 5.99. The summed E-state index contributed by atoms with van der Waals surface area (Å²) in [6.07, 6.45) is 1.21. The Labute approximate surface area is 186 Å². The number of nitrogens with one attached hydrogen (secondary N) is 1. The number of esters is 2. The van der Waals surface area contributed by atoms with Crippen molar-refractivity contribution in [3.05, 3.63) is 35.8 Å². The first-order valence-electron chi connectivity index (χ1n) is 10.1. The molecule has 0 radical (unpaired) electrons. The van der Waals surface area contributed by atoms with Crippen LogP contribution in [-0.4, -0.2) is 61.9 Å². The van der Waals surface area contributed by atoms with Crippen molar-refractivity contribution < 1.29 is 37.7 Å². The maximum Gasteiger partial charge on any atom is 0.410 e. The standard InChI is InChI=1S/C22H29FN2O7/c1-22(2,3)32-21(28)25-11-9-14(10-12-25)31-17-8-6-7-15(23)19(17)24-16(20(27)30-5)13-18(26)29-4/h6-8,13-14,24H,9-12H2,1-5H3/b16-13+. The molecule has 1 aliphatic heterocycles. The Morgan fingerprint density at radius 3 is 2.34 bits per heavy atom. The van der Waals surface area contributed by atoms with E-state index in [0.717, 1.165) is 20.3 Å². The number of piperidine rings is 1. The van der Waals surface area contributed by atoms with Gasteiger partial charge in [0.1, 0.15) is 34.7 Å². The number of halogens is 1. The van der Waals surface area contributed by atoms with Crippen LogP contribution in [0.5, 0.6) is 5.75 Å². The molecular weight excluding hydrogens is 423 g/mol. The molecular formula is C22H29FN2O7. The van der Waals surface area contributed by atoms with Crippen molar-refractivity contribution in [3.63, 3.8) is 0 Å². The highest BCUT2D eigenvalue weighted by Gasteiger charge is 2.28. The average Bonchev–Trinajstić information content (AvgIpc) is 2.73. The maximum atomic E-state index is 14.6. The van der Waals surface area contributed by atoms with Gasteiger partial charge >= 0.3 is 18.0 Å². The molecule has 1 saturated heterocycles. The first-order valence-corrected chi connectivity index (χ1v) is 10.1. The number of likely N-dealkylation sites (tertiary alicyclic amines) is 1. The number of rotatable bonds is 6. The summed E-state index contributed by atoms with van der Waals surface area (Å²) in [4.78, 5) is 37.4. The molecule has 0 atom stereocenters. The Hall–Kier alpha value is -3.30. The van der Waals surface area contributed by atoms with E-state index in [1.807, 2.05) is 0 Å². The van der Waals surface area contributed by atoms with Crippen LogP contribution in [0, 0.1) is 5.82 Å². The van der Waals surface area contributed by atoms with E-state index in [9.17, 15) is 18.8 Å². The molecule has 0 unspecified atom stereocenters. The molecule has 1 amide bonds. The van der Waals surface area contributed by atoms with Crippen molar-refractivity contribution in [2.45, 2.75) is 45.3 Å². The van der Waals surface area contributed by atoms with Crippen molar-refractivity contribution in [1.29, 1.82) is 0 Å². The van der Waals surface area contributed by atoms with E-state index in [1.165, 1.54) is 12.1 Å². The minimum absolute atomic E-state index is 0.123. The number of carbonyl (C=O) groups is 3. The lowest BCUT2D eigenvalue weighted by atomic mass is 10.1. The number of ether oxygens (including phenoxy) is 4. The van der Waals surface area contributed by atoms with Crippen LogP contribution in [0.25, 0.3) is 0 Å². The predicted molar refractivity (Wildman–Crippen MR) is 114 cm³/mol. The summed E-state index contributed by atoms with van der Waals surface area (Å²) in [5.41, 5.74) is -1.02. The summed E-state index contributed by atoms with van der Waals surface area (Å²) in [5, 5.41) is 2.58. The molecule has 9 nitrogen and oxygen atoms in total. The Kier molecular flexibility index (Phi) is 8.45. The largest absolute Gasteiger partial charge is 0.488 e. The second-order valence-electron chi connectivity index (χ2n) is 8.10. The summed E-state index contributed by atoms with van der Waals surface area (Å²) in [6.45, 7) is 6.25. The molecule has 1 aromatic rings. The van der Waals surface area contributed by atoms with E-state index in [-0.39, 0.29) is 29.3 Å². The van der Waals surface area contributed by atoms with Crippen LogP contribution in [0.2, 0.25) is 0 Å². The van der Waals surface area contributed by atoms with Crippen LogP contribution >= 0.6 is 0 Å². The molecule has 1 aliphatic rings. The van der Waals surface area contributed by atoms with Gasteiger partial charge in [-0.05, 0) is 32.9 Å². The fourth-order valence-corrected chi connectivity index (χ4v) is 2.95. The zero-order chi connectivity index (χ0) is 23.9. The zero-order valence-electron chi connectivity index (χ0n) is 18.9. The molecule has 1 heterocycles. The van der Waals surface area contributed by atoms with Crippen LogP contribution in [0.1, 0.15) is 33.6 Å². The third-order valence-corrected chi connectivity index (χ3v) is 4.49. The fourth-order valence-electron chi connectivity index (χ4n) is 2.95. The first kappa shape index (κ1) is 25.0. The van der Waals surface area contributed by atoms with Crippen LogP contribution in [-0.2, 0) is 23.8 Å². The number of hydrogen-bond donors (Lipinski definition) is 1. The van der Waals surface area contributed by atoms with Crippen molar-refractivity contribution in [2.24, 2.45) is 0 Å². The lowest BCUT2D eigenvalue weighted by molar-refractivity contribution is -0.138. The third-order valence-electron chi connectivity index (χ3n) is 4.49. The molecule has 2 rings (SSSR count). The lowest BCUT2D eigenvalue weighted by Gasteiger charge is -2.33. The van der Waals surface area contributed by atoms with Crippen LogP contribution in [0.15, 0.2) is 30.0 Å². The maximum absolute atomic E-state index is 14.6. The predicted octanol–water partition coefficient (Wildman–Crippen LogP) is 3.25. The number of anilines is 1. The molecule has 0 aliphatic carbocycles. The fraction of sp³-hybridized carbons (Fsp3) is 0.500. The van der Waals surface area contributed by atoms with Gasteiger partial charge in [-0.2, -0.15) is 0 Å². The van der Waals surface area contributed by atoms with Crippen LogP contribution in [0.4, 0.5) is 14.9 Å². The van der Waals surface area contributed by atoms with Gasteiger partial charge in [-0.15, -0.1) is 0 Å². The van der Waals surface area contributed by atoms with Crippen LogP contribution in [0.3, 0.4) is 0 Å². The third kappa shape index (κ3) is 7.14. The summed E-state index contributed by atoms with van der Waals surface area (Å²) in [6, 6.07) is 4.19. The number of amides is 1. The van der Waals surface area contributed by atoms with Crippen molar-refractivity contribution in [3.8, 4) is 5.75 Å². The van der Waals surface area contributed by atoms with Crippen molar-refractivity contribution in [1.82, 2.24) is 4.90 Å². The highest BCUT2D eigenvalue weighted by atomic mass is 19.1. The molecule has 0 aromatic heterocycles. The zero-order valence-corrected chi connectivity index (χ0v) is 18.9. The Morgan fingerprint density at radius 2 is 1.78 bits per heavy atom. The van der Waals surface area contributed by atoms with Gasteiger partial charge in [0.15, 0.2) is 0 Å². The van der Waals surface area contributed by atoms with E-state index in [0.29, 0.717) is 25.9 Å². The summed E-state index contributed by atoms with van der Waals surface area (Å²) < 4.78 is 35.1. The van der Waals surface area contributed by atoms with Crippen LogP contribution < -0.4 is 10.1 Å².